The first kappa shape index (κ1) is 25.4. The number of fused-ring (bicyclic) bond motifs is 1. The van der Waals surface area contributed by atoms with Crippen LogP contribution < -0.4 is 4.90 Å². The summed E-state index contributed by atoms with van der Waals surface area (Å²) >= 11 is 12.1. The number of carbonyl (C=O) groups excluding carboxylic acids is 2. The maximum Gasteiger partial charge on any atom is 0.416 e. The number of benzene rings is 2. The van der Waals surface area contributed by atoms with E-state index in [0.717, 1.165) is 17.7 Å². The lowest BCUT2D eigenvalue weighted by Crippen LogP contribution is -2.49. The number of aromatic nitrogens is 2. The molecule has 2 aliphatic heterocycles. The van der Waals surface area contributed by atoms with Gasteiger partial charge in [0, 0.05) is 51.0 Å². The third-order valence-corrected chi connectivity index (χ3v) is 7.29. The van der Waals surface area contributed by atoms with Gasteiger partial charge < -0.3 is 14.7 Å². The molecule has 0 unspecified atom stereocenters. The van der Waals surface area contributed by atoms with Crippen molar-refractivity contribution in [2.45, 2.75) is 19.3 Å². The number of hydrogen-bond acceptors (Lipinski definition) is 4. The van der Waals surface area contributed by atoms with Crippen molar-refractivity contribution in [1.29, 1.82) is 0 Å². The highest BCUT2D eigenvalue weighted by atomic mass is 35.5. The third-order valence-electron chi connectivity index (χ3n) is 6.55. The lowest BCUT2D eigenvalue weighted by atomic mass is 10.1. The molecule has 1 saturated heterocycles. The van der Waals surface area contributed by atoms with Gasteiger partial charge in [-0.15, -0.1) is 0 Å². The highest BCUT2D eigenvalue weighted by molar-refractivity contribution is 6.42. The lowest BCUT2D eigenvalue weighted by molar-refractivity contribution is -0.137. The quantitative estimate of drug-likeness (QED) is 0.466. The summed E-state index contributed by atoms with van der Waals surface area (Å²) in [6.45, 7) is 2.65. The van der Waals surface area contributed by atoms with Crippen LogP contribution in [0.5, 0.6) is 0 Å². The van der Waals surface area contributed by atoms with Crippen molar-refractivity contribution < 1.29 is 22.8 Å². The Morgan fingerprint density at radius 3 is 2.38 bits per heavy atom. The van der Waals surface area contributed by atoms with E-state index in [4.69, 9.17) is 23.2 Å². The van der Waals surface area contributed by atoms with Gasteiger partial charge in [-0.05, 0) is 35.9 Å². The molecule has 2 aromatic carbocycles. The van der Waals surface area contributed by atoms with Crippen molar-refractivity contribution >= 4 is 40.7 Å². The van der Waals surface area contributed by atoms with E-state index in [2.05, 4.69) is 5.10 Å². The maximum absolute atomic E-state index is 13.1. The van der Waals surface area contributed by atoms with Crippen LogP contribution in [-0.4, -0.2) is 64.1 Å². The van der Waals surface area contributed by atoms with Gasteiger partial charge in [0.15, 0.2) is 5.69 Å². The van der Waals surface area contributed by atoms with Gasteiger partial charge in [0.1, 0.15) is 5.69 Å². The second-order valence-electron chi connectivity index (χ2n) is 8.94. The fourth-order valence-corrected chi connectivity index (χ4v) is 4.88. The lowest BCUT2D eigenvalue weighted by Gasteiger charge is -2.36. The van der Waals surface area contributed by atoms with E-state index in [1.165, 1.54) is 12.1 Å². The molecule has 194 valence electrons. The van der Waals surface area contributed by atoms with E-state index in [0.29, 0.717) is 67.2 Å². The second-order valence-corrected chi connectivity index (χ2v) is 9.75. The monoisotopic (exact) mass is 551 g/mol. The van der Waals surface area contributed by atoms with Gasteiger partial charge in [-0.1, -0.05) is 35.3 Å². The molecule has 0 aliphatic carbocycles. The Bertz CT molecular complexity index is 1350. The van der Waals surface area contributed by atoms with Crippen LogP contribution in [0, 0.1) is 0 Å². The topological polar surface area (TPSA) is 61.7 Å². The molecular weight excluding hydrogens is 530 g/mol. The number of alkyl halides is 3. The van der Waals surface area contributed by atoms with E-state index in [1.54, 1.807) is 38.7 Å². The van der Waals surface area contributed by atoms with E-state index < -0.39 is 11.7 Å². The SMILES string of the molecule is O=C(c1cc2n(n1)CCN(Cc1ccc(Cl)c(Cl)c1)C2=O)N1CCN(c2cccc(C(F)(F)F)c2)CC1. The van der Waals surface area contributed by atoms with Gasteiger partial charge in [-0.3, -0.25) is 14.3 Å². The maximum atomic E-state index is 13.1. The molecule has 0 spiro atoms. The summed E-state index contributed by atoms with van der Waals surface area (Å²) in [7, 11) is 0. The molecule has 3 heterocycles. The van der Waals surface area contributed by atoms with Gasteiger partial charge >= 0.3 is 6.18 Å². The average Bonchev–Trinajstić information content (AvgIpc) is 3.32. The highest BCUT2D eigenvalue weighted by Crippen LogP contribution is 2.32. The van der Waals surface area contributed by atoms with Crippen LogP contribution in [0.3, 0.4) is 0 Å². The Morgan fingerprint density at radius 2 is 1.68 bits per heavy atom. The van der Waals surface area contributed by atoms with Crippen molar-refractivity contribution in [3.05, 3.63) is 81.1 Å². The molecule has 5 rings (SSSR count). The second kappa shape index (κ2) is 9.90. The first-order valence-corrected chi connectivity index (χ1v) is 12.4. The summed E-state index contributed by atoms with van der Waals surface area (Å²) < 4.78 is 40.7. The zero-order chi connectivity index (χ0) is 26.3. The van der Waals surface area contributed by atoms with Crippen LogP contribution >= 0.6 is 23.2 Å². The Morgan fingerprint density at radius 1 is 0.919 bits per heavy atom. The number of piperazine rings is 1. The van der Waals surface area contributed by atoms with E-state index in [1.807, 2.05) is 4.90 Å². The third kappa shape index (κ3) is 5.26. The molecule has 0 bridgehead atoms. The molecule has 0 saturated carbocycles. The predicted molar refractivity (Wildman–Crippen MR) is 133 cm³/mol. The summed E-state index contributed by atoms with van der Waals surface area (Å²) in [5.74, 6) is -0.548. The Balaban J connectivity index is 1.23. The smallest absolute Gasteiger partial charge is 0.368 e. The first-order chi connectivity index (χ1) is 17.6. The zero-order valence-electron chi connectivity index (χ0n) is 19.5. The van der Waals surface area contributed by atoms with E-state index in [9.17, 15) is 22.8 Å². The molecule has 12 heteroatoms. The molecular formula is C25H22Cl2F3N5O2. The number of hydrogen-bond donors (Lipinski definition) is 0. The number of rotatable bonds is 4. The normalized spacial score (nSPS) is 16.2. The summed E-state index contributed by atoms with van der Waals surface area (Å²) in [6, 6.07) is 11.9. The number of nitrogens with zero attached hydrogens (tertiary/aromatic N) is 5. The summed E-state index contributed by atoms with van der Waals surface area (Å²) in [6.07, 6.45) is -4.41. The van der Waals surface area contributed by atoms with Gasteiger partial charge in [0.2, 0.25) is 0 Å². The largest absolute Gasteiger partial charge is 0.416 e. The molecule has 37 heavy (non-hydrogen) atoms. The number of anilines is 1. The molecule has 1 aromatic heterocycles. The Hall–Kier alpha value is -3.24. The van der Waals surface area contributed by atoms with Crippen molar-refractivity contribution in [3.63, 3.8) is 0 Å². The predicted octanol–water partition coefficient (Wildman–Crippen LogP) is 4.83. The van der Waals surface area contributed by atoms with Crippen LogP contribution in [0.25, 0.3) is 0 Å². The minimum atomic E-state index is -4.41. The molecule has 2 aliphatic rings. The molecule has 0 atom stereocenters. The molecule has 0 N–H and O–H groups in total. The first-order valence-electron chi connectivity index (χ1n) is 11.6. The zero-order valence-corrected chi connectivity index (χ0v) is 21.0. The molecule has 2 amide bonds. The standard InChI is InChI=1S/C25H22Cl2F3N5O2/c26-19-5-4-16(12-20(19)27)15-34-10-11-35-22(24(34)37)14-21(31-35)23(36)33-8-6-32(7-9-33)18-3-1-2-17(13-18)25(28,29)30/h1-5,12-14H,6-11,15H2. The van der Waals surface area contributed by atoms with Gasteiger partial charge in [-0.2, -0.15) is 18.3 Å². The van der Waals surface area contributed by atoms with E-state index >= 15 is 0 Å². The van der Waals surface area contributed by atoms with Crippen LogP contribution in [0.1, 0.15) is 32.1 Å². The van der Waals surface area contributed by atoms with Crippen LogP contribution in [0.4, 0.5) is 18.9 Å². The minimum absolute atomic E-state index is 0.173. The Kier molecular flexibility index (Phi) is 6.80. The highest BCUT2D eigenvalue weighted by Gasteiger charge is 2.32. The number of carbonyl (C=O) groups is 2. The Labute approximate surface area is 220 Å². The van der Waals surface area contributed by atoms with Crippen molar-refractivity contribution in [2.24, 2.45) is 0 Å². The number of amides is 2. The average molecular weight is 552 g/mol. The summed E-state index contributed by atoms with van der Waals surface area (Å²) in [5.41, 5.74) is 1.10. The molecule has 1 fully saturated rings. The van der Waals surface area contributed by atoms with Gasteiger partial charge in [0.25, 0.3) is 11.8 Å². The number of halogens is 5. The van der Waals surface area contributed by atoms with Crippen LogP contribution in [-0.2, 0) is 19.3 Å². The fourth-order valence-electron chi connectivity index (χ4n) is 4.56. The van der Waals surface area contributed by atoms with Crippen molar-refractivity contribution in [2.75, 3.05) is 37.6 Å². The minimum Gasteiger partial charge on any atom is -0.368 e. The van der Waals surface area contributed by atoms with Gasteiger partial charge in [0.05, 0.1) is 22.2 Å². The summed E-state index contributed by atoms with van der Waals surface area (Å²) in [5, 5.41) is 5.21. The van der Waals surface area contributed by atoms with Gasteiger partial charge in [-0.25, -0.2) is 0 Å². The molecule has 0 radical (unpaired) electrons. The van der Waals surface area contributed by atoms with Crippen LogP contribution in [0.15, 0.2) is 48.5 Å². The fraction of sp³-hybridized carbons (Fsp3) is 0.320. The molecule has 7 nitrogen and oxygen atoms in total. The molecule has 3 aromatic rings. The van der Waals surface area contributed by atoms with Crippen molar-refractivity contribution in [3.8, 4) is 0 Å². The van der Waals surface area contributed by atoms with E-state index in [-0.39, 0.29) is 17.5 Å². The summed E-state index contributed by atoms with van der Waals surface area (Å²) in [4.78, 5) is 31.3. The van der Waals surface area contributed by atoms with Crippen molar-refractivity contribution in [1.82, 2.24) is 19.6 Å². The van der Waals surface area contributed by atoms with Crippen LogP contribution in [0.2, 0.25) is 10.0 Å².